The number of ether oxygens (including phenoxy) is 3. The van der Waals surface area contributed by atoms with Gasteiger partial charge >= 0.3 is 0 Å². The summed E-state index contributed by atoms with van der Waals surface area (Å²) < 4.78 is 15.9. The molecular weight excluding hydrogens is 356 g/mol. The Balaban J connectivity index is 1.45. The molecule has 6 heteroatoms. The van der Waals surface area contributed by atoms with Crippen molar-refractivity contribution in [2.24, 2.45) is 0 Å². The summed E-state index contributed by atoms with van der Waals surface area (Å²) in [6.45, 7) is 4.06. The van der Waals surface area contributed by atoms with Gasteiger partial charge in [-0.3, -0.25) is 4.79 Å². The zero-order valence-corrected chi connectivity index (χ0v) is 16.6. The van der Waals surface area contributed by atoms with Gasteiger partial charge in [-0.25, -0.2) is 0 Å². The van der Waals surface area contributed by atoms with Crippen molar-refractivity contribution in [2.75, 3.05) is 52.0 Å². The van der Waals surface area contributed by atoms with Crippen LogP contribution in [0.25, 0.3) is 0 Å². The Bertz CT molecular complexity index is 771. The van der Waals surface area contributed by atoms with Gasteiger partial charge < -0.3 is 24.4 Å². The molecular formula is C22H28N2O4. The predicted molar refractivity (Wildman–Crippen MR) is 109 cm³/mol. The van der Waals surface area contributed by atoms with Crippen LogP contribution in [0.4, 0.5) is 5.69 Å². The number of nitrogens with one attached hydrogen (secondary N) is 1. The molecule has 0 saturated carbocycles. The van der Waals surface area contributed by atoms with Gasteiger partial charge in [-0.2, -0.15) is 0 Å². The van der Waals surface area contributed by atoms with Crippen LogP contribution in [0.15, 0.2) is 42.5 Å². The van der Waals surface area contributed by atoms with Crippen molar-refractivity contribution in [3.63, 3.8) is 0 Å². The van der Waals surface area contributed by atoms with Crippen LogP contribution < -0.4 is 19.7 Å². The number of amides is 1. The zero-order chi connectivity index (χ0) is 19.8. The SMILES string of the molecule is COc1ccc(CC(=O)NCCc2ccc(N3CCOCC3)cc2)cc1OC. The first-order valence-corrected chi connectivity index (χ1v) is 9.59. The van der Waals surface area contributed by atoms with E-state index in [0.717, 1.165) is 38.3 Å². The van der Waals surface area contributed by atoms with Gasteiger partial charge in [0.15, 0.2) is 11.5 Å². The molecule has 2 aromatic rings. The van der Waals surface area contributed by atoms with E-state index in [1.807, 2.05) is 18.2 Å². The average molecular weight is 384 g/mol. The fraction of sp³-hybridized carbons (Fsp3) is 0.409. The van der Waals surface area contributed by atoms with E-state index in [1.54, 1.807) is 14.2 Å². The molecule has 0 bridgehead atoms. The number of anilines is 1. The van der Waals surface area contributed by atoms with Crippen molar-refractivity contribution in [1.29, 1.82) is 0 Å². The molecule has 0 radical (unpaired) electrons. The van der Waals surface area contributed by atoms with Gasteiger partial charge in [0.25, 0.3) is 0 Å². The number of hydrogen-bond donors (Lipinski definition) is 1. The molecule has 1 amide bonds. The second kappa shape index (κ2) is 9.99. The quantitative estimate of drug-likeness (QED) is 0.758. The van der Waals surface area contributed by atoms with Gasteiger partial charge in [-0.1, -0.05) is 18.2 Å². The molecule has 0 spiro atoms. The summed E-state index contributed by atoms with van der Waals surface area (Å²) in [5.41, 5.74) is 3.33. The Morgan fingerprint density at radius 1 is 1.00 bits per heavy atom. The van der Waals surface area contributed by atoms with Crippen LogP contribution in [-0.2, 0) is 22.4 Å². The Morgan fingerprint density at radius 3 is 2.36 bits per heavy atom. The summed E-state index contributed by atoms with van der Waals surface area (Å²) in [7, 11) is 3.18. The van der Waals surface area contributed by atoms with Gasteiger partial charge in [0.05, 0.1) is 33.9 Å². The van der Waals surface area contributed by atoms with Crippen LogP contribution in [0.2, 0.25) is 0 Å². The summed E-state index contributed by atoms with van der Waals surface area (Å²) in [6.07, 6.45) is 1.12. The monoisotopic (exact) mass is 384 g/mol. The van der Waals surface area contributed by atoms with E-state index in [-0.39, 0.29) is 5.91 Å². The maximum atomic E-state index is 12.2. The van der Waals surface area contributed by atoms with Crippen molar-refractivity contribution in [1.82, 2.24) is 5.32 Å². The van der Waals surface area contributed by atoms with Crippen LogP contribution in [0.5, 0.6) is 11.5 Å². The van der Waals surface area contributed by atoms with Crippen LogP contribution in [-0.4, -0.2) is 53.0 Å². The second-order valence-electron chi connectivity index (χ2n) is 6.73. The molecule has 150 valence electrons. The lowest BCUT2D eigenvalue weighted by atomic mass is 10.1. The number of methoxy groups -OCH3 is 2. The molecule has 0 unspecified atom stereocenters. The molecule has 28 heavy (non-hydrogen) atoms. The van der Waals surface area contributed by atoms with E-state index in [4.69, 9.17) is 14.2 Å². The Kier molecular flexibility index (Phi) is 7.14. The van der Waals surface area contributed by atoms with Crippen molar-refractivity contribution >= 4 is 11.6 Å². The first kappa shape index (κ1) is 20.0. The van der Waals surface area contributed by atoms with E-state index < -0.39 is 0 Å². The third-order valence-electron chi connectivity index (χ3n) is 4.86. The van der Waals surface area contributed by atoms with Crippen molar-refractivity contribution in [3.05, 3.63) is 53.6 Å². The normalized spacial score (nSPS) is 13.9. The highest BCUT2D eigenvalue weighted by Gasteiger charge is 2.11. The summed E-state index contributed by atoms with van der Waals surface area (Å²) >= 11 is 0. The lowest BCUT2D eigenvalue weighted by Crippen LogP contribution is -2.36. The smallest absolute Gasteiger partial charge is 0.224 e. The highest BCUT2D eigenvalue weighted by atomic mass is 16.5. The molecule has 1 saturated heterocycles. The number of carbonyl (C=O) groups excluding carboxylic acids is 1. The molecule has 1 aliphatic rings. The minimum Gasteiger partial charge on any atom is -0.493 e. The van der Waals surface area contributed by atoms with E-state index in [9.17, 15) is 4.79 Å². The van der Waals surface area contributed by atoms with Gasteiger partial charge in [0.2, 0.25) is 5.91 Å². The number of benzene rings is 2. The van der Waals surface area contributed by atoms with Crippen molar-refractivity contribution in [2.45, 2.75) is 12.8 Å². The molecule has 0 aromatic heterocycles. The highest BCUT2D eigenvalue weighted by molar-refractivity contribution is 5.78. The molecule has 3 rings (SSSR count). The number of carbonyl (C=O) groups is 1. The van der Waals surface area contributed by atoms with Crippen molar-refractivity contribution in [3.8, 4) is 11.5 Å². The van der Waals surface area contributed by atoms with E-state index >= 15 is 0 Å². The first-order valence-electron chi connectivity index (χ1n) is 9.59. The van der Waals surface area contributed by atoms with E-state index in [1.165, 1.54) is 11.3 Å². The average Bonchev–Trinajstić information content (AvgIpc) is 2.74. The fourth-order valence-corrected chi connectivity index (χ4v) is 3.28. The maximum absolute atomic E-state index is 12.2. The van der Waals surface area contributed by atoms with Crippen LogP contribution in [0.1, 0.15) is 11.1 Å². The number of nitrogens with zero attached hydrogens (tertiary/aromatic N) is 1. The van der Waals surface area contributed by atoms with Gasteiger partial charge in [-0.05, 0) is 41.8 Å². The van der Waals surface area contributed by atoms with Crippen LogP contribution in [0, 0.1) is 0 Å². The lowest BCUT2D eigenvalue weighted by Gasteiger charge is -2.28. The van der Waals surface area contributed by atoms with Crippen LogP contribution >= 0.6 is 0 Å². The molecule has 1 aliphatic heterocycles. The molecule has 0 aliphatic carbocycles. The molecule has 2 aromatic carbocycles. The maximum Gasteiger partial charge on any atom is 0.224 e. The molecule has 1 heterocycles. The number of rotatable bonds is 8. The minimum absolute atomic E-state index is 0.00263. The number of hydrogen-bond acceptors (Lipinski definition) is 5. The highest BCUT2D eigenvalue weighted by Crippen LogP contribution is 2.27. The topological polar surface area (TPSA) is 60.0 Å². The van der Waals surface area contributed by atoms with Gasteiger partial charge in [0.1, 0.15) is 0 Å². The Hall–Kier alpha value is -2.73. The third kappa shape index (κ3) is 5.39. The predicted octanol–water partition coefficient (Wildman–Crippen LogP) is 2.44. The molecule has 1 fully saturated rings. The van der Waals surface area contributed by atoms with Crippen molar-refractivity contribution < 1.29 is 19.0 Å². The first-order chi connectivity index (χ1) is 13.7. The summed E-state index contributed by atoms with van der Waals surface area (Å²) in [4.78, 5) is 14.5. The van der Waals surface area contributed by atoms with Crippen LogP contribution in [0.3, 0.4) is 0 Å². The summed E-state index contributed by atoms with van der Waals surface area (Å²) in [5, 5.41) is 2.99. The number of morpholine rings is 1. The van der Waals surface area contributed by atoms with E-state index in [0.29, 0.717) is 24.5 Å². The lowest BCUT2D eigenvalue weighted by molar-refractivity contribution is -0.120. The fourth-order valence-electron chi connectivity index (χ4n) is 3.28. The van der Waals surface area contributed by atoms with Gasteiger partial charge in [0, 0.05) is 25.3 Å². The molecule has 1 N–H and O–H groups in total. The molecule has 6 nitrogen and oxygen atoms in total. The Labute approximate surface area is 166 Å². The second-order valence-corrected chi connectivity index (χ2v) is 6.73. The minimum atomic E-state index is -0.00263. The Morgan fingerprint density at radius 2 is 1.68 bits per heavy atom. The molecule has 0 atom stereocenters. The third-order valence-corrected chi connectivity index (χ3v) is 4.86. The summed E-state index contributed by atoms with van der Waals surface area (Å²) in [6, 6.07) is 14.1. The standard InChI is InChI=1S/C22H28N2O4/c1-26-20-8-5-18(15-21(20)27-2)16-22(25)23-10-9-17-3-6-19(7-4-17)24-11-13-28-14-12-24/h3-8,15H,9-14,16H2,1-2H3,(H,23,25). The largest absolute Gasteiger partial charge is 0.493 e. The summed E-state index contributed by atoms with van der Waals surface area (Å²) in [5.74, 6) is 1.29. The van der Waals surface area contributed by atoms with Gasteiger partial charge in [-0.15, -0.1) is 0 Å². The zero-order valence-electron chi connectivity index (χ0n) is 16.6. The van der Waals surface area contributed by atoms with E-state index in [2.05, 4.69) is 34.5 Å².